The summed E-state index contributed by atoms with van der Waals surface area (Å²) in [5.74, 6) is 1.10. The van der Waals surface area contributed by atoms with Crippen LogP contribution in [0.15, 0.2) is 42.5 Å². The first-order valence-corrected chi connectivity index (χ1v) is 7.51. The van der Waals surface area contributed by atoms with Crippen LogP contribution in [0.2, 0.25) is 0 Å². The summed E-state index contributed by atoms with van der Waals surface area (Å²) in [6.45, 7) is 2.26. The van der Waals surface area contributed by atoms with Gasteiger partial charge in [-0.1, -0.05) is 25.1 Å². The van der Waals surface area contributed by atoms with Crippen LogP contribution in [-0.4, -0.2) is 26.7 Å². The molecule has 0 bridgehead atoms. The quantitative estimate of drug-likeness (QED) is 0.823. The molecule has 2 N–H and O–H groups in total. The van der Waals surface area contributed by atoms with E-state index in [0.717, 1.165) is 12.1 Å². The number of carbonyl (C=O) groups excluding carboxylic acids is 1. The fourth-order valence-corrected chi connectivity index (χ4v) is 2.28. The maximum atomic E-state index is 12.2. The van der Waals surface area contributed by atoms with Gasteiger partial charge in [-0.2, -0.15) is 0 Å². The Labute approximate surface area is 136 Å². The third-order valence-electron chi connectivity index (χ3n) is 3.52. The van der Waals surface area contributed by atoms with Crippen LogP contribution in [0.3, 0.4) is 0 Å². The molecule has 0 spiro atoms. The summed E-state index contributed by atoms with van der Waals surface area (Å²) in [5.41, 5.74) is 2.74. The van der Waals surface area contributed by atoms with Gasteiger partial charge in [-0.3, -0.25) is 4.79 Å². The molecule has 0 atom stereocenters. The molecule has 0 aromatic heterocycles. The molecule has 2 rings (SSSR count). The number of methoxy groups -OCH3 is 2. The molecule has 0 aliphatic rings. The molecule has 0 aliphatic heterocycles. The zero-order valence-corrected chi connectivity index (χ0v) is 13.7. The van der Waals surface area contributed by atoms with Crippen molar-refractivity contribution in [2.75, 3.05) is 31.4 Å². The average Bonchev–Trinajstić information content (AvgIpc) is 2.60. The van der Waals surface area contributed by atoms with Crippen molar-refractivity contribution in [1.29, 1.82) is 0 Å². The number of hydrogen-bond acceptors (Lipinski definition) is 4. The van der Waals surface area contributed by atoms with E-state index < -0.39 is 0 Å². The van der Waals surface area contributed by atoms with Crippen molar-refractivity contribution in [2.24, 2.45) is 0 Å². The van der Waals surface area contributed by atoms with Gasteiger partial charge in [0, 0.05) is 11.8 Å². The van der Waals surface area contributed by atoms with Crippen LogP contribution in [0.25, 0.3) is 0 Å². The standard InChI is InChI=1S/C18H22N2O3/c1-4-13-7-5-6-8-15(13)19-12-18(21)20-16-11-14(22-2)9-10-17(16)23-3/h5-11,19H,4,12H2,1-3H3,(H,20,21). The largest absolute Gasteiger partial charge is 0.497 e. The highest BCUT2D eigenvalue weighted by Gasteiger charge is 2.09. The number of para-hydroxylation sites is 1. The Balaban J connectivity index is 2.02. The predicted octanol–water partition coefficient (Wildman–Crippen LogP) is 3.32. The summed E-state index contributed by atoms with van der Waals surface area (Å²) >= 11 is 0. The molecule has 0 saturated carbocycles. The number of hydrogen-bond donors (Lipinski definition) is 2. The van der Waals surface area contributed by atoms with Gasteiger partial charge in [-0.25, -0.2) is 0 Å². The van der Waals surface area contributed by atoms with Gasteiger partial charge >= 0.3 is 0 Å². The predicted molar refractivity (Wildman–Crippen MR) is 92.5 cm³/mol. The first-order valence-electron chi connectivity index (χ1n) is 7.51. The van der Waals surface area contributed by atoms with Gasteiger partial charge in [0.15, 0.2) is 0 Å². The Kier molecular flexibility index (Phi) is 5.86. The summed E-state index contributed by atoms with van der Waals surface area (Å²) in [6.07, 6.45) is 0.911. The molecule has 5 nitrogen and oxygen atoms in total. The van der Waals surface area contributed by atoms with Crippen molar-refractivity contribution < 1.29 is 14.3 Å². The number of nitrogens with one attached hydrogen (secondary N) is 2. The van der Waals surface area contributed by atoms with E-state index in [1.54, 1.807) is 32.4 Å². The minimum Gasteiger partial charge on any atom is -0.497 e. The smallest absolute Gasteiger partial charge is 0.243 e. The van der Waals surface area contributed by atoms with Gasteiger partial charge in [0.1, 0.15) is 11.5 Å². The lowest BCUT2D eigenvalue weighted by molar-refractivity contribution is -0.114. The summed E-state index contributed by atoms with van der Waals surface area (Å²) in [4.78, 5) is 12.2. The molecule has 0 unspecified atom stereocenters. The van der Waals surface area contributed by atoms with E-state index in [1.807, 2.05) is 24.3 Å². The number of amides is 1. The van der Waals surface area contributed by atoms with E-state index in [0.29, 0.717) is 17.2 Å². The highest BCUT2D eigenvalue weighted by molar-refractivity contribution is 5.95. The molecule has 0 radical (unpaired) electrons. The van der Waals surface area contributed by atoms with E-state index in [-0.39, 0.29) is 12.5 Å². The first kappa shape index (κ1) is 16.7. The molecule has 0 heterocycles. The molecular weight excluding hydrogens is 292 g/mol. The number of benzene rings is 2. The van der Waals surface area contributed by atoms with E-state index in [9.17, 15) is 4.79 Å². The molecule has 2 aromatic carbocycles. The van der Waals surface area contributed by atoms with Crippen molar-refractivity contribution in [2.45, 2.75) is 13.3 Å². The van der Waals surface area contributed by atoms with Crippen molar-refractivity contribution in [3.63, 3.8) is 0 Å². The van der Waals surface area contributed by atoms with Gasteiger partial charge < -0.3 is 20.1 Å². The van der Waals surface area contributed by atoms with Gasteiger partial charge in [0.05, 0.1) is 26.5 Å². The average molecular weight is 314 g/mol. The fourth-order valence-electron chi connectivity index (χ4n) is 2.28. The first-order chi connectivity index (χ1) is 11.2. The third-order valence-corrected chi connectivity index (χ3v) is 3.52. The molecule has 1 amide bonds. The molecule has 23 heavy (non-hydrogen) atoms. The minimum atomic E-state index is -0.151. The second kappa shape index (κ2) is 8.08. The third kappa shape index (κ3) is 4.39. The summed E-state index contributed by atoms with van der Waals surface area (Å²) in [5, 5.41) is 6.00. The van der Waals surface area contributed by atoms with Gasteiger partial charge in [0.2, 0.25) is 5.91 Å². The summed E-state index contributed by atoms with van der Waals surface area (Å²) < 4.78 is 10.4. The highest BCUT2D eigenvalue weighted by Crippen LogP contribution is 2.28. The fraction of sp³-hybridized carbons (Fsp3) is 0.278. The van der Waals surface area contributed by atoms with Gasteiger partial charge in [0.25, 0.3) is 0 Å². The number of carbonyl (C=O) groups is 1. The van der Waals surface area contributed by atoms with Crippen molar-refractivity contribution in [3.05, 3.63) is 48.0 Å². The van der Waals surface area contributed by atoms with E-state index in [2.05, 4.69) is 17.6 Å². The molecule has 0 aliphatic carbocycles. The zero-order valence-electron chi connectivity index (χ0n) is 13.7. The molecule has 122 valence electrons. The van der Waals surface area contributed by atoms with Crippen LogP contribution in [0.5, 0.6) is 11.5 Å². The Bertz CT molecular complexity index is 671. The number of ether oxygens (including phenoxy) is 2. The minimum absolute atomic E-state index is 0.151. The lowest BCUT2D eigenvalue weighted by Gasteiger charge is -2.13. The second-order valence-electron chi connectivity index (χ2n) is 4.98. The Hall–Kier alpha value is -2.69. The van der Waals surface area contributed by atoms with Crippen LogP contribution in [0.4, 0.5) is 11.4 Å². The van der Waals surface area contributed by atoms with Gasteiger partial charge in [-0.05, 0) is 30.2 Å². The van der Waals surface area contributed by atoms with Crippen LogP contribution in [0, 0.1) is 0 Å². The molecule has 0 saturated heterocycles. The molecule has 0 fully saturated rings. The van der Waals surface area contributed by atoms with Crippen LogP contribution in [-0.2, 0) is 11.2 Å². The lowest BCUT2D eigenvalue weighted by atomic mass is 10.1. The van der Waals surface area contributed by atoms with Crippen molar-refractivity contribution in [3.8, 4) is 11.5 Å². The van der Waals surface area contributed by atoms with E-state index in [4.69, 9.17) is 9.47 Å². The topological polar surface area (TPSA) is 59.6 Å². The second-order valence-corrected chi connectivity index (χ2v) is 4.98. The maximum Gasteiger partial charge on any atom is 0.243 e. The van der Waals surface area contributed by atoms with E-state index in [1.165, 1.54) is 5.56 Å². The number of anilines is 2. The highest BCUT2D eigenvalue weighted by atomic mass is 16.5. The monoisotopic (exact) mass is 314 g/mol. The van der Waals surface area contributed by atoms with Crippen molar-refractivity contribution >= 4 is 17.3 Å². The normalized spacial score (nSPS) is 10.0. The molecule has 2 aromatic rings. The molecule has 5 heteroatoms. The van der Waals surface area contributed by atoms with E-state index >= 15 is 0 Å². The van der Waals surface area contributed by atoms with Crippen LogP contribution < -0.4 is 20.1 Å². The SMILES string of the molecule is CCc1ccccc1NCC(=O)Nc1cc(OC)ccc1OC. The van der Waals surface area contributed by atoms with Crippen molar-refractivity contribution in [1.82, 2.24) is 0 Å². The number of aryl methyl sites for hydroxylation is 1. The lowest BCUT2D eigenvalue weighted by Crippen LogP contribution is -2.22. The summed E-state index contributed by atoms with van der Waals surface area (Å²) in [7, 11) is 3.14. The Morgan fingerprint density at radius 1 is 1.04 bits per heavy atom. The summed E-state index contributed by atoms with van der Waals surface area (Å²) in [6, 6.07) is 13.2. The Morgan fingerprint density at radius 3 is 2.52 bits per heavy atom. The van der Waals surface area contributed by atoms with Gasteiger partial charge in [-0.15, -0.1) is 0 Å². The maximum absolute atomic E-state index is 12.2. The van der Waals surface area contributed by atoms with Crippen LogP contribution >= 0.6 is 0 Å². The Morgan fingerprint density at radius 2 is 1.83 bits per heavy atom. The number of rotatable bonds is 7. The zero-order chi connectivity index (χ0) is 16.7. The van der Waals surface area contributed by atoms with Crippen LogP contribution in [0.1, 0.15) is 12.5 Å². The molecular formula is C18H22N2O3.